The maximum absolute atomic E-state index is 13.9. The van der Waals surface area contributed by atoms with Gasteiger partial charge in [-0.15, -0.1) is 6.42 Å². The molecule has 0 bridgehead atoms. The van der Waals surface area contributed by atoms with Crippen LogP contribution >= 0.6 is 0 Å². The third-order valence-electron chi connectivity index (χ3n) is 3.98. The standard InChI is InChI=1S/C19H11F2N5O2S/c1-2-15-11-23-19-6-4-17(24-26(15)19)12-7-14(10-22-9-12)25-29(27,28)18-5-3-13(20)8-16(18)21/h1,3-11,25H. The number of nitrogens with zero attached hydrogens (tertiary/aromatic N) is 4. The van der Waals surface area contributed by atoms with E-state index in [1.807, 2.05) is 0 Å². The van der Waals surface area contributed by atoms with Crippen molar-refractivity contribution in [1.82, 2.24) is 19.6 Å². The molecular weight excluding hydrogens is 400 g/mol. The number of hydrogen-bond acceptors (Lipinski definition) is 5. The molecule has 0 fully saturated rings. The summed E-state index contributed by atoms with van der Waals surface area (Å²) in [4.78, 5) is 7.45. The third-order valence-corrected chi connectivity index (χ3v) is 5.39. The maximum atomic E-state index is 13.9. The number of fused-ring (bicyclic) bond motifs is 1. The Morgan fingerprint density at radius 1 is 1.07 bits per heavy atom. The average Bonchev–Trinajstić information content (AvgIpc) is 3.09. The highest BCUT2D eigenvalue weighted by Crippen LogP contribution is 2.23. The Bertz CT molecular complexity index is 1390. The second-order valence-electron chi connectivity index (χ2n) is 5.92. The molecule has 1 aromatic carbocycles. The average molecular weight is 411 g/mol. The van der Waals surface area contributed by atoms with Gasteiger partial charge in [-0.3, -0.25) is 9.71 Å². The van der Waals surface area contributed by atoms with Crippen LogP contribution in [0.2, 0.25) is 0 Å². The minimum Gasteiger partial charge on any atom is -0.278 e. The van der Waals surface area contributed by atoms with Gasteiger partial charge in [0.1, 0.15) is 22.2 Å². The number of terminal acetylenes is 1. The van der Waals surface area contributed by atoms with Gasteiger partial charge in [0, 0.05) is 17.8 Å². The van der Waals surface area contributed by atoms with Gasteiger partial charge in [-0.25, -0.2) is 26.7 Å². The normalized spacial score (nSPS) is 11.3. The van der Waals surface area contributed by atoms with E-state index >= 15 is 0 Å². The van der Waals surface area contributed by atoms with E-state index in [9.17, 15) is 17.2 Å². The smallest absolute Gasteiger partial charge is 0.264 e. The van der Waals surface area contributed by atoms with Crippen molar-refractivity contribution in [1.29, 1.82) is 0 Å². The Morgan fingerprint density at radius 3 is 2.66 bits per heavy atom. The summed E-state index contributed by atoms with van der Waals surface area (Å²) in [6, 6.07) is 7.06. The van der Waals surface area contributed by atoms with Crippen molar-refractivity contribution in [3.63, 3.8) is 0 Å². The van der Waals surface area contributed by atoms with Gasteiger partial charge in [0.25, 0.3) is 10.0 Å². The molecular formula is C19H11F2N5O2S. The monoisotopic (exact) mass is 411 g/mol. The number of hydrogen-bond donors (Lipinski definition) is 1. The highest BCUT2D eigenvalue weighted by atomic mass is 32.2. The van der Waals surface area contributed by atoms with Gasteiger partial charge in [-0.05, 0) is 36.3 Å². The molecule has 3 aromatic heterocycles. The Morgan fingerprint density at radius 2 is 1.90 bits per heavy atom. The van der Waals surface area contributed by atoms with Crippen molar-refractivity contribution >= 4 is 21.4 Å². The molecule has 0 aliphatic rings. The number of anilines is 1. The second-order valence-corrected chi connectivity index (χ2v) is 7.57. The molecule has 0 amide bonds. The quantitative estimate of drug-likeness (QED) is 0.522. The predicted molar refractivity (Wildman–Crippen MR) is 101 cm³/mol. The van der Waals surface area contributed by atoms with Crippen LogP contribution in [0.1, 0.15) is 5.69 Å². The fourth-order valence-corrected chi connectivity index (χ4v) is 3.76. The topological polar surface area (TPSA) is 89.2 Å². The minimum absolute atomic E-state index is 0.0796. The van der Waals surface area contributed by atoms with Crippen LogP contribution in [0.15, 0.2) is 59.9 Å². The molecule has 29 heavy (non-hydrogen) atoms. The Kier molecular flexibility index (Phi) is 4.44. The lowest BCUT2D eigenvalue weighted by Crippen LogP contribution is -2.15. The SMILES string of the molecule is C#Cc1cnc2ccc(-c3cncc(NS(=O)(=O)c4ccc(F)cc4F)c3)nn12. The zero-order valence-corrected chi connectivity index (χ0v) is 15.4. The first-order chi connectivity index (χ1) is 13.9. The molecule has 0 atom stereocenters. The molecule has 4 aromatic rings. The number of halogens is 2. The van der Waals surface area contributed by atoms with Gasteiger partial charge in [0.15, 0.2) is 5.65 Å². The molecule has 0 saturated heterocycles. The summed E-state index contributed by atoms with van der Waals surface area (Å²) in [6.45, 7) is 0. The van der Waals surface area contributed by atoms with Crippen molar-refractivity contribution in [3.05, 3.63) is 72.3 Å². The van der Waals surface area contributed by atoms with E-state index in [0.717, 1.165) is 12.1 Å². The maximum Gasteiger partial charge on any atom is 0.264 e. The molecule has 1 N–H and O–H groups in total. The number of rotatable bonds is 4. The van der Waals surface area contributed by atoms with Gasteiger partial charge in [-0.2, -0.15) is 5.10 Å². The van der Waals surface area contributed by atoms with E-state index < -0.39 is 26.6 Å². The van der Waals surface area contributed by atoms with E-state index in [4.69, 9.17) is 6.42 Å². The van der Waals surface area contributed by atoms with Crippen LogP contribution in [0.3, 0.4) is 0 Å². The number of pyridine rings is 1. The van der Waals surface area contributed by atoms with Crippen molar-refractivity contribution in [2.24, 2.45) is 0 Å². The largest absolute Gasteiger partial charge is 0.278 e. The molecule has 0 aliphatic heterocycles. The summed E-state index contributed by atoms with van der Waals surface area (Å²) in [6.07, 6.45) is 9.67. The molecule has 0 aliphatic carbocycles. The van der Waals surface area contributed by atoms with Gasteiger partial charge in [0.05, 0.1) is 23.8 Å². The van der Waals surface area contributed by atoms with Crippen molar-refractivity contribution in [3.8, 4) is 23.6 Å². The van der Waals surface area contributed by atoms with Crippen LogP contribution in [0.5, 0.6) is 0 Å². The fraction of sp³-hybridized carbons (Fsp3) is 0. The van der Waals surface area contributed by atoms with Gasteiger partial charge < -0.3 is 0 Å². The summed E-state index contributed by atoms with van der Waals surface area (Å²) in [7, 11) is -4.29. The number of aromatic nitrogens is 4. The lowest BCUT2D eigenvalue weighted by atomic mass is 10.2. The molecule has 4 rings (SSSR count). The fourth-order valence-electron chi connectivity index (χ4n) is 2.66. The summed E-state index contributed by atoms with van der Waals surface area (Å²) in [5.41, 5.74) is 2.05. The van der Waals surface area contributed by atoms with E-state index in [-0.39, 0.29) is 5.69 Å². The first-order valence-corrected chi connectivity index (χ1v) is 9.60. The Balaban J connectivity index is 1.70. The predicted octanol–water partition coefficient (Wildman–Crippen LogP) is 2.85. The van der Waals surface area contributed by atoms with Gasteiger partial charge >= 0.3 is 0 Å². The van der Waals surface area contributed by atoms with Crippen LogP contribution in [-0.2, 0) is 10.0 Å². The van der Waals surface area contributed by atoms with Crippen LogP contribution < -0.4 is 4.72 Å². The molecule has 144 valence electrons. The molecule has 0 saturated carbocycles. The molecule has 10 heteroatoms. The Labute approximate surface area is 164 Å². The number of imidazole rings is 1. The van der Waals surface area contributed by atoms with Crippen molar-refractivity contribution < 1.29 is 17.2 Å². The first kappa shape index (κ1) is 18.5. The van der Waals surface area contributed by atoms with E-state index in [2.05, 4.69) is 25.7 Å². The van der Waals surface area contributed by atoms with Crippen LogP contribution in [0, 0.1) is 24.0 Å². The summed E-state index contributed by atoms with van der Waals surface area (Å²) in [5.74, 6) is 0.391. The van der Waals surface area contributed by atoms with Crippen LogP contribution in [-0.4, -0.2) is 28.0 Å². The number of nitrogens with one attached hydrogen (secondary N) is 1. The number of sulfonamides is 1. The third kappa shape index (κ3) is 3.51. The zero-order valence-electron chi connectivity index (χ0n) is 14.5. The van der Waals surface area contributed by atoms with E-state index in [1.165, 1.54) is 29.2 Å². The van der Waals surface area contributed by atoms with Gasteiger partial charge in [-0.1, -0.05) is 0 Å². The summed E-state index contributed by atoms with van der Waals surface area (Å²) >= 11 is 0. The molecule has 7 nitrogen and oxygen atoms in total. The van der Waals surface area contributed by atoms with Gasteiger partial charge in [0.2, 0.25) is 0 Å². The molecule has 0 unspecified atom stereocenters. The van der Waals surface area contributed by atoms with E-state index in [0.29, 0.717) is 28.7 Å². The minimum atomic E-state index is -4.29. The second kappa shape index (κ2) is 6.96. The Hall–Kier alpha value is -3.84. The van der Waals surface area contributed by atoms with E-state index in [1.54, 1.807) is 12.1 Å². The zero-order chi connectivity index (χ0) is 20.6. The summed E-state index contributed by atoms with van der Waals surface area (Å²) in [5, 5.41) is 4.39. The first-order valence-electron chi connectivity index (χ1n) is 8.12. The molecule has 3 heterocycles. The molecule has 0 spiro atoms. The van der Waals surface area contributed by atoms with Crippen LogP contribution in [0.25, 0.3) is 16.9 Å². The van der Waals surface area contributed by atoms with Crippen molar-refractivity contribution in [2.75, 3.05) is 4.72 Å². The van der Waals surface area contributed by atoms with Crippen molar-refractivity contribution in [2.45, 2.75) is 4.90 Å². The highest BCUT2D eigenvalue weighted by Gasteiger charge is 2.20. The molecule has 0 radical (unpaired) electrons. The highest BCUT2D eigenvalue weighted by molar-refractivity contribution is 7.92. The lowest BCUT2D eigenvalue weighted by molar-refractivity contribution is 0.551. The summed E-state index contributed by atoms with van der Waals surface area (Å²) < 4.78 is 55.5. The lowest BCUT2D eigenvalue weighted by Gasteiger charge is -2.10. The van der Waals surface area contributed by atoms with Crippen LogP contribution in [0.4, 0.5) is 14.5 Å². The number of benzene rings is 1.